The summed E-state index contributed by atoms with van der Waals surface area (Å²) in [6, 6.07) is 7.20. The fraction of sp³-hybridized carbons (Fsp3) is 0.500. The van der Waals surface area contributed by atoms with Gasteiger partial charge in [0.1, 0.15) is 0 Å². The number of anilines is 1. The van der Waals surface area contributed by atoms with Crippen LogP contribution < -0.4 is 11.1 Å². The van der Waals surface area contributed by atoms with Gasteiger partial charge in [-0.15, -0.1) is 0 Å². The summed E-state index contributed by atoms with van der Waals surface area (Å²) in [4.78, 5) is 12.2. The number of carbonyl (C=O) groups is 1. The summed E-state index contributed by atoms with van der Waals surface area (Å²) in [5.41, 5.74) is 6.94. The van der Waals surface area contributed by atoms with Crippen LogP contribution in [0.3, 0.4) is 0 Å². The molecule has 0 radical (unpaired) electrons. The maximum Gasteiger partial charge on any atom is 0.231 e. The van der Waals surface area contributed by atoms with Crippen LogP contribution in [0.25, 0.3) is 0 Å². The average Bonchev–Trinajstić information content (AvgIpc) is 2.35. The van der Waals surface area contributed by atoms with Crippen molar-refractivity contribution in [3.63, 3.8) is 0 Å². The highest BCUT2D eigenvalue weighted by molar-refractivity contribution is 5.96. The summed E-state index contributed by atoms with van der Waals surface area (Å²) >= 11 is 0. The number of nitrogens with one attached hydrogen (secondary N) is 1. The Morgan fingerprint density at radius 1 is 1.44 bits per heavy atom. The van der Waals surface area contributed by atoms with Gasteiger partial charge in [0.25, 0.3) is 0 Å². The molecule has 18 heavy (non-hydrogen) atoms. The number of carbonyl (C=O) groups excluding carboxylic acids is 1. The molecule has 0 atom stereocenters. The average molecular weight is 248 g/mol. The molecule has 1 aromatic carbocycles. The van der Waals surface area contributed by atoms with Crippen LogP contribution in [0.1, 0.15) is 25.3 Å². The van der Waals surface area contributed by atoms with Crippen molar-refractivity contribution >= 4 is 11.6 Å². The largest absolute Gasteiger partial charge is 0.392 e. The van der Waals surface area contributed by atoms with Crippen molar-refractivity contribution in [3.05, 3.63) is 29.8 Å². The molecule has 0 heterocycles. The highest BCUT2D eigenvalue weighted by Gasteiger charge is 2.47. The van der Waals surface area contributed by atoms with E-state index in [1.165, 1.54) is 0 Å². The summed E-state index contributed by atoms with van der Waals surface area (Å²) in [6.45, 7) is 2.55. The first-order chi connectivity index (χ1) is 8.59. The fourth-order valence-corrected chi connectivity index (χ4v) is 2.68. The zero-order valence-electron chi connectivity index (χ0n) is 10.6. The molecule has 2 rings (SSSR count). The van der Waals surface area contributed by atoms with E-state index in [1.54, 1.807) is 24.3 Å². The first kappa shape index (κ1) is 13.1. The summed E-state index contributed by atoms with van der Waals surface area (Å²) < 4.78 is 0. The van der Waals surface area contributed by atoms with Crippen molar-refractivity contribution in [3.8, 4) is 0 Å². The minimum Gasteiger partial charge on any atom is -0.392 e. The zero-order valence-corrected chi connectivity index (χ0v) is 10.6. The lowest BCUT2D eigenvalue weighted by Crippen LogP contribution is -2.51. The number of nitrogens with two attached hydrogens (primary N) is 1. The SMILES string of the molecule is CC1CC(CN)(C(=O)Nc2ccc(CO)cc2)C1. The minimum absolute atomic E-state index is 0.0124. The Kier molecular flexibility index (Phi) is 3.68. The van der Waals surface area contributed by atoms with Crippen molar-refractivity contribution in [1.82, 2.24) is 0 Å². The second-order valence-corrected chi connectivity index (χ2v) is 5.31. The normalized spacial score (nSPS) is 26.5. The topological polar surface area (TPSA) is 75.4 Å². The predicted molar refractivity (Wildman–Crippen MR) is 70.9 cm³/mol. The molecule has 4 N–H and O–H groups in total. The summed E-state index contributed by atoms with van der Waals surface area (Å²) in [5.74, 6) is 0.593. The van der Waals surface area contributed by atoms with Gasteiger partial charge < -0.3 is 16.2 Å². The van der Waals surface area contributed by atoms with Gasteiger partial charge in [-0.3, -0.25) is 4.79 Å². The Hall–Kier alpha value is -1.39. The number of aliphatic hydroxyl groups excluding tert-OH is 1. The Labute approximate surface area is 107 Å². The smallest absolute Gasteiger partial charge is 0.231 e. The van der Waals surface area contributed by atoms with Crippen LogP contribution in [0.15, 0.2) is 24.3 Å². The van der Waals surface area contributed by atoms with E-state index >= 15 is 0 Å². The van der Waals surface area contributed by atoms with Crippen LogP contribution in [0, 0.1) is 11.3 Å². The van der Waals surface area contributed by atoms with Crippen molar-refractivity contribution in [2.75, 3.05) is 11.9 Å². The molecule has 0 saturated heterocycles. The summed E-state index contributed by atoms with van der Waals surface area (Å²) in [6.07, 6.45) is 1.73. The van der Waals surface area contributed by atoms with E-state index in [0.717, 1.165) is 24.1 Å². The summed E-state index contributed by atoms with van der Waals surface area (Å²) in [5, 5.41) is 11.9. The molecule has 1 saturated carbocycles. The van der Waals surface area contributed by atoms with Gasteiger partial charge in [0.15, 0.2) is 0 Å². The molecule has 1 amide bonds. The molecule has 0 bridgehead atoms. The predicted octanol–water partition coefficient (Wildman–Crippen LogP) is 1.49. The van der Waals surface area contributed by atoms with Gasteiger partial charge in [-0.05, 0) is 36.5 Å². The number of rotatable bonds is 4. The molecule has 4 heteroatoms. The van der Waals surface area contributed by atoms with Crippen LogP contribution in [-0.4, -0.2) is 17.6 Å². The standard InChI is InChI=1S/C14H20N2O2/c1-10-6-14(7-10,9-15)13(18)16-12-4-2-11(8-17)3-5-12/h2-5,10,17H,6-9,15H2,1H3,(H,16,18). The number of benzene rings is 1. The first-order valence-corrected chi connectivity index (χ1v) is 6.31. The van der Waals surface area contributed by atoms with Crippen LogP contribution in [0.5, 0.6) is 0 Å². The van der Waals surface area contributed by atoms with Crippen LogP contribution >= 0.6 is 0 Å². The second kappa shape index (κ2) is 5.08. The number of hydrogen-bond donors (Lipinski definition) is 3. The van der Waals surface area contributed by atoms with Gasteiger partial charge in [-0.2, -0.15) is 0 Å². The van der Waals surface area contributed by atoms with E-state index in [1.807, 2.05) is 0 Å². The Morgan fingerprint density at radius 3 is 2.50 bits per heavy atom. The Bertz CT molecular complexity index is 422. The monoisotopic (exact) mass is 248 g/mol. The van der Waals surface area contributed by atoms with Gasteiger partial charge in [0.2, 0.25) is 5.91 Å². The van der Waals surface area contributed by atoms with Gasteiger partial charge in [0, 0.05) is 12.2 Å². The van der Waals surface area contributed by atoms with Crippen molar-refractivity contribution in [2.24, 2.45) is 17.1 Å². The number of amides is 1. The Balaban J connectivity index is 2.02. The molecule has 1 aliphatic rings. The van der Waals surface area contributed by atoms with Gasteiger partial charge in [0.05, 0.1) is 12.0 Å². The molecule has 1 fully saturated rings. The van der Waals surface area contributed by atoms with E-state index in [4.69, 9.17) is 10.8 Å². The number of aliphatic hydroxyl groups is 1. The molecule has 0 aliphatic heterocycles. The first-order valence-electron chi connectivity index (χ1n) is 6.31. The van der Waals surface area contributed by atoms with Crippen LogP contribution in [-0.2, 0) is 11.4 Å². The molecular formula is C14H20N2O2. The third kappa shape index (κ3) is 2.40. The van der Waals surface area contributed by atoms with Gasteiger partial charge in [-0.25, -0.2) is 0 Å². The highest BCUT2D eigenvalue weighted by Crippen LogP contribution is 2.45. The van der Waals surface area contributed by atoms with E-state index in [-0.39, 0.29) is 17.9 Å². The minimum atomic E-state index is -0.380. The fourth-order valence-electron chi connectivity index (χ4n) is 2.68. The molecule has 0 aromatic heterocycles. The molecule has 98 valence electrons. The lowest BCUT2D eigenvalue weighted by molar-refractivity contribution is -0.132. The molecule has 1 aromatic rings. The maximum absolute atomic E-state index is 12.2. The quantitative estimate of drug-likeness (QED) is 0.755. The number of hydrogen-bond acceptors (Lipinski definition) is 3. The van der Waals surface area contributed by atoms with Gasteiger partial charge >= 0.3 is 0 Å². The highest BCUT2D eigenvalue weighted by atomic mass is 16.3. The molecule has 0 unspecified atom stereocenters. The van der Waals surface area contributed by atoms with Crippen LogP contribution in [0.2, 0.25) is 0 Å². The van der Waals surface area contributed by atoms with Crippen LogP contribution in [0.4, 0.5) is 5.69 Å². The molecule has 1 aliphatic carbocycles. The van der Waals surface area contributed by atoms with E-state index < -0.39 is 0 Å². The van der Waals surface area contributed by atoms with E-state index in [9.17, 15) is 4.79 Å². The van der Waals surface area contributed by atoms with Crippen molar-refractivity contribution < 1.29 is 9.90 Å². The second-order valence-electron chi connectivity index (χ2n) is 5.31. The maximum atomic E-state index is 12.2. The lowest BCUT2D eigenvalue weighted by atomic mass is 9.62. The van der Waals surface area contributed by atoms with E-state index in [2.05, 4.69) is 12.2 Å². The molecule has 4 nitrogen and oxygen atoms in total. The van der Waals surface area contributed by atoms with Crippen molar-refractivity contribution in [1.29, 1.82) is 0 Å². The Morgan fingerprint density at radius 2 is 2.06 bits per heavy atom. The van der Waals surface area contributed by atoms with E-state index in [0.29, 0.717) is 12.5 Å². The lowest BCUT2D eigenvalue weighted by Gasteiger charge is -2.44. The zero-order chi connectivity index (χ0) is 13.2. The van der Waals surface area contributed by atoms with Gasteiger partial charge in [-0.1, -0.05) is 19.1 Å². The molecule has 0 spiro atoms. The third-order valence-corrected chi connectivity index (χ3v) is 3.75. The summed E-state index contributed by atoms with van der Waals surface area (Å²) in [7, 11) is 0. The third-order valence-electron chi connectivity index (χ3n) is 3.75. The van der Waals surface area contributed by atoms with Crippen molar-refractivity contribution in [2.45, 2.75) is 26.4 Å². The molecular weight excluding hydrogens is 228 g/mol.